The maximum atomic E-state index is 12.7. The molecule has 2 aromatic rings. The smallest absolute Gasteiger partial charge is 0.330 e. The largest absolute Gasteiger partial charge is 0.416 e. The van der Waals surface area contributed by atoms with E-state index < -0.39 is 11.7 Å². The predicted octanol–water partition coefficient (Wildman–Crippen LogP) is 2.60. The van der Waals surface area contributed by atoms with E-state index in [-0.39, 0.29) is 29.7 Å². The summed E-state index contributed by atoms with van der Waals surface area (Å²) in [6.07, 6.45) is -2.69. The number of alkyl halides is 3. The van der Waals surface area contributed by atoms with Crippen molar-refractivity contribution in [3.63, 3.8) is 0 Å². The molecule has 1 amide bonds. The monoisotopic (exact) mass is 351 g/mol. The zero-order chi connectivity index (χ0) is 18.2. The number of aryl methyl sites for hydroxylation is 1. The molecular formula is C17H16F3N3O2. The number of rotatable bonds is 4. The highest BCUT2D eigenvalue weighted by atomic mass is 19.4. The molecule has 0 spiro atoms. The Morgan fingerprint density at radius 2 is 1.84 bits per heavy atom. The van der Waals surface area contributed by atoms with E-state index in [2.05, 4.69) is 5.10 Å². The van der Waals surface area contributed by atoms with Gasteiger partial charge in [-0.3, -0.25) is 9.59 Å². The first-order valence-electron chi connectivity index (χ1n) is 7.77. The third-order valence-electron chi connectivity index (χ3n) is 4.06. The zero-order valence-corrected chi connectivity index (χ0v) is 13.5. The van der Waals surface area contributed by atoms with E-state index in [9.17, 15) is 22.8 Å². The van der Waals surface area contributed by atoms with Gasteiger partial charge in [-0.1, -0.05) is 12.1 Å². The summed E-state index contributed by atoms with van der Waals surface area (Å²) in [5.41, 5.74) is -0.295. The van der Waals surface area contributed by atoms with Crippen LogP contribution in [-0.4, -0.2) is 26.6 Å². The number of amides is 1. The van der Waals surface area contributed by atoms with Gasteiger partial charge in [0.25, 0.3) is 11.5 Å². The van der Waals surface area contributed by atoms with Crippen LogP contribution < -0.4 is 5.56 Å². The first kappa shape index (κ1) is 17.2. The van der Waals surface area contributed by atoms with Crippen molar-refractivity contribution in [2.75, 3.05) is 0 Å². The lowest BCUT2D eigenvalue weighted by Crippen LogP contribution is -2.34. The Bertz CT molecular complexity index is 839. The van der Waals surface area contributed by atoms with Gasteiger partial charge in [-0.05, 0) is 36.6 Å². The van der Waals surface area contributed by atoms with Crippen molar-refractivity contribution in [3.05, 3.63) is 63.6 Å². The highest BCUT2D eigenvalue weighted by Gasteiger charge is 2.34. The van der Waals surface area contributed by atoms with Crippen molar-refractivity contribution in [1.82, 2.24) is 14.7 Å². The Kier molecular flexibility index (Phi) is 4.36. The molecular weight excluding hydrogens is 335 g/mol. The molecule has 25 heavy (non-hydrogen) atoms. The molecule has 1 heterocycles. The number of carbonyl (C=O) groups is 1. The highest BCUT2D eigenvalue weighted by molar-refractivity contribution is 5.92. The van der Waals surface area contributed by atoms with Crippen LogP contribution >= 0.6 is 0 Å². The lowest BCUT2D eigenvalue weighted by Gasteiger charge is -2.22. The normalized spacial score (nSPS) is 14.4. The Hall–Kier alpha value is -2.64. The number of hydrogen-bond acceptors (Lipinski definition) is 3. The fourth-order valence-electron chi connectivity index (χ4n) is 2.51. The predicted molar refractivity (Wildman–Crippen MR) is 83.8 cm³/mol. The third-order valence-corrected chi connectivity index (χ3v) is 4.06. The summed E-state index contributed by atoms with van der Waals surface area (Å²) in [6, 6.07) is 7.45. The van der Waals surface area contributed by atoms with Crippen LogP contribution in [0.5, 0.6) is 0 Å². The van der Waals surface area contributed by atoms with Gasteiger partial charge < -0.3 is 4.90 Å². The van der Waals surface area contributed by atoms with Gasteiger partial charge in [0, 0.05) is 25.7 Å². The Morgan fingerprint density at radius 1 is 1.20 bits per heavy atom. The molecule has 3 rings (SSSR count). The Morgan fingerprint density at radius 3 is 2.36 bits per heavy atom. The summed E-state index contributed by atoms with van der Waals surface area (Å²) in [5.74, 6) is -0.335. The second-order valence-electron chi connectivity index (χ2n) is 6.04. The second-order valence-corrected chi connectivity index (χ2v) is 6.04. The van der Waals surface area contributed by atoms with Gasteiger partial charge >= 0.3 is 6.18 Å². The molecule has 1 fully saturated rings. The van der Waals surface area contributed by atoms with Gasteiger partial charge in [-0.15, -0.1) is 0 Å². The molecule has 0 unspecified atom stereocenters. The number of hydrogen-bond donors (Lipinski definition) is 0. The van der Waals surface area contributed by atoms with Crippen LogP contribution in [0, 0.1) is 0 Å². The van der Waals surface area contributed by atoms with Gasteiger partial charge in [0.2, 0.25) is 0 Å². The SMILES string of the molecule is Cn1nc(C(=O)N(Cc2ccc(C(F)(F)F)cc2)C2CC2)ccc1=O. The maximum absolute atomic E-state index is 12.7. The fraction of sp³-hybridized carbons (Fsp3) is 0.353. The molecule has 1 aromatic heterocycles. The summed E-state index contributed by atoms with van der Waals surface area (Å²) < 4.78 is 39.0. The quantitative estimate of drug-likeness (QED) is 0.851. The van der Waals surface area contributed by atoms with Crippen molar-refractivity contribution < 1.29 is 18.0 Å². The van der Waals surface area contributed by atoms with Crippen molar-refractivity contribution in [1.29, 1.82) is 0 Å². The number of halogens is 3. The summed E-state index contributed by atoms with van der Waals surface area (Å²) in [5, 5.41) is 3.96. The summed E-state index contributed by atoms with van der Waals surface area (Å²) in [4.78, 5) is 25.7. The zero-order valence-electron chi connectivity index (χ0n) is 13.5. The van der Waals surface area contributed by atoms with Gasteiger partial charge in [-0.25, -0.2) is 4.68 Å². The van der Waals surface area contributed by atoms with Gasteiger partial charge in [0.15, 0.2) is 0 Å². The minimum Gasteiger partial charge on any atom is -0.330 e. The lowest BCUT2D eigenvalue weighted by molar-refractivity contribution is -0.137. The number of carbonyl (C=O) groups excluding carboxylic acids is 1. The van der Waals surface area contributed by atoms with Crippen LogP contribution in [0.25, 0.3) is 0 Å². The topological polar surface area (TPSA) is 55.2 Å². The molecule has 1 aromatic carbocycles. The molecule has 1 saturated carbocycles. The van der Waals surface area contributed by atoms with E-state index >= 15 is 0 Å². The third kappa shape index (κ3) is 3.89. The molecule has 0 saturated heterocycles. The fourth-order valence-corrected chi connectivity index (χ4v) is 2.51. The second kappa shape index (κ2) is 6.34. The molecule has 0 N–H and O–H groups in total. The van der Waals surface area contributed by atoms with Crippen LogP contribution in [-0.2, 0) is 19.8 Å². The lowest BCUT2D eigenvalue weighted by atomic mass is 10.1. The first-order chi connectivity index (χ1) is 11.8. The molecule has 0 atom stereocenters. The van der Waals surface area contributed by atoms with Crippen LogP contribution in [0.4, 0.5) is 13.2 Å². The van der Waals surface area contributed by atoms with Gasteiger partial charge in [0.1, 0.15) is 5.69 Å². The first-order valence-corrected chi connectivity index (χ1v) is 7.77. The molecule has 0 radical (unpaired) electrons. The number of aromatic nitrogens is 2. The van der Waals surface area contributed by atoms with Crippen LogP contribution in [0.2, 0.25) is 0 Å². The summed E-state index contributed by atoms with van der Waals surface area (Å²) in [7, 11) is 1.45. The standard InChI is InChI=1S/C17H16F3N3O2/c1-22-15(24)9-8-14(21-22)16(25)23(13-6-7-13)10-11-2-4-12(5-3-11)17(18,19)20/h2-5,8-9,13H,6-7,10H2,1H3. The van der Waals surface area contributed by atoms with Crippen molar-refractivity contribution >= 4 is 5.91 Å². The van der Waals surface area contributed by atoms with E-state index in [4.69, 9.17) is 0 Å². The van der Waals surface area contributed by atoms with E-state index in [1.54, 1.807) is 4.90 Å². The van der Waals surface area contributed by atoms with Crippen LogP contribution in [0.3, 0.4) is 0 Å². The molecule has 0 bridgehead atoms. The Balaban J connectivity index is 1.81. The minimum absolute atomic E-state index is 0.0498. The van der Waals surface area contributed by atoms with E-state index in [0.717, 1.165) is 29.7 Å². The van der Waals surface area contributed by atoms with E-state index in [0.29, 0.717) is 5.56 Å². The number of nitrogens with zero attached hydrogens (tertiary/aromatic N) is 3. The average molecular weight is 351 g/mol. The van der Waals surface area contributed by atoms with E-state index in [1.165, 1.54) is 31.3 Å². The van der Waals surface area contributed by atoms with Crippen LogP contribution in [0.15, 0.2) is 41.2 Å². The highest BCUT2D eigenvalue weighted by Crippen LogP contribution is 2.31. The molecule has 8 heteroatoms. The molecule has 132 valence electrons. The maximum Gasteiger partial charge on any atom is 0.416 e. The molecule has 1 aliphatic carbocycles. The average Bonchev–Trinajstić information content (AvgIpc) is 3.39. The molecule has 1 aliphatic rings. The summed E-state index contributed by atoms with van der Waals surface area (Å²) >= 11 is 0. The molecule has 0 aliphatic heterocycles. The van der Waals surface area contributed by atoms with Crippen molar-refractivity contribution in [3.8, 4) is 0 Å². The summed E-state index contributed by atoms with van der Waals surface area (Å²) in [6.45, 7) is 0.201. The van der Waals surface area contributed by atoms with E-state index in [1.807, 2.05) is 0 Å². The van der Waals surface area contributed by atoms with Gasteiger partial charge in [-0.2, -0.15) is 18.3 Å². The van der Waals surface area contributed by atoms with Crippen molar-refractivity contribution in [2.45, 2.75) is 31.6 Å². The molecule has 5 nitrogen and oxygen atoms in total. The van der Waals surface area contributed by atoms with Crippen LogP contribution in [0.1, 0.15) is 34.5 Å². The van der Waals surface area contributed by atoms with Gasteiger partial charge in [0.05, 0.1) is 5.56 Å². The minimum atomic E-state index is -4.39. The Labute approximate surface area is 141 Å². The van der Waals surface area contributed by atoms with Crippen molar-refractivity contribution in [2.24, 2.45) is 7.05 Å². The number of benzene rings is 1.